The van der Waals surface area contributed by atoms with Gasteiger partial charge in [0, 0.05) is 19.8 Å². The smallest absolute Gasteiger partial charge is 0.326 e. The molecule has 1 aromatic rings. The Balaban J connectivity index is 2.29. The first-order valence-corrected chi connectivity index (χ1v) is 17.3. The number of carboxylic acid groups (broad SMARTS) is 2. The molecule has 9 N–H and O–H groups in total. The highest BCUT2D eigenvalue weighted by atomic mass is 16.4. The van der Waals surface area contributed by atoms with Crippen molar-refractivity contribution in [3.05, 3.63) is 35.9 Å². The number of rotatable bonds is 21. The molecule has 1 saturated carbocycles. The van der Waals surface area contributed by atoms with E-state index in [1.54, 1.807) is 44.2 Å². The lowest BCUT2D eigenvalue weighted by molar-refractivity contribution is -0.143. The maximum atomic E-state index is 13.7. The van der Waals surface area contributed by atoms with Gasteiger partial charge < -0.3 is 42.5 Å². The average Bonchev–Trinajstić information content (AvgIpc) is 3.05. The number of carbonyl (C=O) groups excluding carboxylic acids is 6. The molecule has 0 aromatic heterocycles. The third-order valence-corrected chi connectivity index (χ3v) is 8.55. The standard InChI is InChI=1S/C35H52N6O10/c1-20(2)16-25(32(47)41-28(35(50)51)18-23-12-8-5-9-13-23)38-34(49)27(19-30(44)45)40-33(48)26(17-22-10-6-4-7-11-22)39-31(46)24(37-21(3)42)14-15-29(36)43/h5,8-9,12-13,20,22,24-28H,4,6-7,10-11,14-19H2,1-3H3,(H2,36,43)(H,37,42)(H,38,49)(H,39,46)(H,40,48)(H,41,47)(H,44,45)(H,50,51)/t24-,25-,26-,27-,28-/m0/s1. The van der Waals surface area contributed by atoms with Gasteiger partial charge in [-0.2, -0.15) is 0 Å². The number of nitrogens with one attached hydrogen (secondary N) is 5. The van der Waals surface area contributed by atoms with Crippen molar-refractivity contribution >= 4 is 47.4 Å². The van der Waals surface area contributed by atoms with Crippen LogP contribution in [0.4, 0.5) is 0 Å². The molecule has 5 atom stereocenters. The summed E-state index contributed by atoms with van der Waals surface area (Å²) in [5.74, 6) is -7.53. The number of amides is 6. The Morgan fingerprint density at radius 1 is 0.725 bits per heavy atom. The number of carboxylic acids is 2. The first-order valence-electron chi connectivity index (χ1n) is 17.3. The molecule has 1 fully saturated rings. The fraction of sp³-hybridized carbons (Fsp3) is 0.600. The lowest BCUT2D eigenvalue weighted by Crippen LogP contribution is -2.59. The van der Waals surface area contributed by atoms with Crippen molar-refractivity contribution in [1.29, 1.82) is 0 Å². The van der Waals surface area contributed by atoms with E-state index in [1.807, 2.05) is 0 Å². The maximum absolute atomic E-state index is 13.7. The van der Waals surface area contributed by atoms with Crippen LogP contribution in [0.2, 0.25) is 0 Å². The highest BCUT2D eigenvalue weighted by Gasteiger charge is 2.34. The Morgan fingerprint density at radius 3 is 1.80 bits per heavy atom. The second-order valence-electron chi connectivity index (χ2n) is 13.5. The molecule has 6 amide bonds. The number of hydrogen-bond donors (Lipinski definition) is 8. The Hall–Kier alpha value is -5.02. The van der Waals surface area contributed by atoms with Crippen molar-refractivity contribution in [2.45, 2.75) is 122 Å². The quantitative estimate of drug-likeness (QED) is 0.0874. The van der Waals surface area contributed by atoms with E-state index in [-0.39, 0.29) is 43.9 Å². The van der Waals surface area contributed by atoms with Gasteiger partial charge in [0.1, 0.15) is 30.2 Å². The monoisotopic (exact) mass is 716 g/mol. The van der Waals surface area contributed by atoms with Gasteiger partial charge in [0.15, 0.2) is 0 Å². The van der Waals surface area contributed by atoms with Crippen molar-refractivity contribution < 1.29 is 48.6 Å². The molecule has 0 saturated heterocycles. The Morgan fingerprint density at radius 2 is 1.25 bits per heavy atom. The molecule has 282 valence electrons. The molecular weight excluding hydrogens is 664 g/mol. The number of hydrogen-bond acceptors (Lipinski definition) is 8. The zero-order valence-corrected chi connectivity index (χ0v) is 29.4. The molecule has 16 heteroatoms. The predicted octanol–water partition coefficient (Wildman–Crippen LogP) is 0.514. The molecule has 0 heterocycles. The molecule has 2 rings (SSSR count). The predicted molar refractivity (Wildman–Crippen MR) is 184 cm³/mol. The fourth-order valence-corrected chi connectivity index (χ4v) is 6.01. The Kier molecular flexibility index (Phi) is 17.6. The van der Waals surface area contributed by atoms with Gasteiger partial charge in [-0.3, -0.25) is 33.6 Å². The van der Waals surface area contributed by atoms with Gasteiger partial charge in [-0.25, -0.2) is 4.79 Å². The summed E-state index contributed by atoms with van der Waals surface area (Å²) >= 11 is 0. The maximum Gasteiger partial charge on any atom is 0.326 e. The van der Waals surface area contributed by atoms with Gasteiger partial charge in [0.2, 0.25) is 35.4 Å². The summed E-state index contributed by atoms with van der Waals surface area (Å²) in [6.07, 6.45) is 3.40. The molecule has 16 nitrogen and oxygen atoms in total. The molecule has 0 aliphatic heterocycles. The van der Waals surface area contributed by atoms with Crippen LogP contribution in [0, 0.1) is 11.8 Å². The SMILES string of the molecule is CC(=O)N[C@@H](CCC(N)=O)C(=O)N[C@@H](CC1CCCCC1)C(=O)N[C@@H](CC(=O)O)C(=O)N[C@@H](CC(C)C)C(=O)N[C@@H](Cc1ccccc1)C(=O)O. The van der Waals surface area contributed by atoms with E-state index in [2.05, 4.69) is 26.6 Å². The van der Waals surface area contributed by atoms with Crippen LogP contribution in [0.5, 0.6) is 0 Å². The minimum atomic E-state index is -1.68. The summed E-state index contributed by atoms with van der Waals surface area (Å²) in [6, 6.07) is 1.93. The van der Waals surface area contributed by atoms with Crippen LogP contribution in [0.3, 0.4) is 0 Å². The average molecular weight is 717 g/mol. The van der Waals surface area contributed by atoms with Gasteiger partial charge in [0.05, 0.1) is 6.42 Å². The largest absolute Gasteiger partial charge is 0.481 e. The molecule has 0 unspecified atom stereocenters. The minimum Gasteiger partial charge on any atom is -0.481 e. The Labute approximate surface area is 297 Å². The second kappa shape index (κ2) is 21.3. The zero-order chi connectivity index (χ0) is 38.1. The molecule has 0 spiro atoms. The van der Waals surface area contributed by atoms with E-state index in [9.17, 15) is 48.6 Å². The number of nitrogens with two attached hydrogens (primary N) is 1. The first-order chi connectivity index (χ1) is 24.0. The molecule has 1 aliphatic rings. The summed E-state index contributed by atoms with van der Waals surface area (Å²) in [6.45, 7) is 4.74. The van der Waals surface area contributed by atoms with Gasteiger partial charge in [-0.1, -0.05) is 76.3 Å². The van der Waals surface area contributed by atoms with Crippen LogP contribution in [-0.2, 0) is 44.8 Å². The van der Waals surface area contributed by atoms with Crippen LogP contribution in [0.25, 0.3) is 0 Å². The van der Waals surface area contributed by atoms with Crippen LogP contribution >= 0.6 is 0 Å². The third kappa shape index (κ3) is 16.0. The van der Waals surface area contributed by atoms with Crippen molar-refractivity contribution in [1.82, 2.24) is 26.6 Å². The number of primary amides is 1. The summed E-state index contributed by atoms with van der Waals surface area (Å²) in [4.78, 5) is 101. The molecular formula is C35H52N6O10. The Bertz CT molecular complexity index is 1380. The van der Waals surface area contributed by atoms with E-state index in [1.165, 1.54) is 6.92 Å². The topological polar surface area (TPSA) is 263 Å². The fourth-order valence-electron chi connectivity index (χ4n) is 6.01. The van der Waals surface area contributed by atoms with Crippen molar-refractivity contribution in [2.24, 2.45) is 17.6 Å². The lowest BCUT2D eigenvalue weighted by atomic mass is 9.84. The van der Waals surface area contributed by atoms with Gasteiger partial charge in [0.25, 0.3) is 0 Å². The molecule has 51 heavy (non-hydrogen) atoms. The minimum absolute atomic E-state index is 0.0264. The van der Waals surface area contributed by atoms with Crippen molar-refractivity contribution in [3.63, 3.8) is 0 Å². The summed E-state index contributed by atoms with van der Waals surface area (Å²) in [5, 5.41) is 31.9. The highest BCUT2D eigenvalue weighted by molar-refractivity contribution is 5.97. The molecule has 0 radical (unpaired) electrons. The number of carbonyl (C=O) groups is 8. The van der Waals surface area contributed by atoms with E-state index >= 15 is 0 Å². The number of aliphatic carboxylic acids is 2. The second-order valence-corrected chi connectivity index (χ2v) is 13.5. The zero-order valence-electron chi connectivity index (χ0n) is 29.4. The van der Waals surface area contributed by atoms with E-state index in [0.717, 1.165) is 32.1 Å². The normalized spacial score (nSPS) is 16.0. The number of benzene rings is 1. The summed E-state index contributed by atoms with van der Waals surface area (Å²) in [7, 11) is 0. The van der Waals surface area contributed by atoms with Crippen molar-refractivity contribution in [2.75, 3.05) is 0 Å². The third-order valence-electron chi connectivity index (χ3n) is 8.55. The first kappa shape index (κ1) is 42.1. The summed E-state index contributed by atoms with van der Waals surface area (Å²) < 4.78 is 0. The van der Waals surface area contributed by atoms with Gasteiger partial charge in [-0.05, 0) is 36.7 Å². The molecule has 0 bridgehead atoms. The van der Waals surface area contributed by atoms with Crippen LogP contribution in [0.1, 0.15) is 90.5 Å². The highest BCUT2D eigenvalue weighted by Crippen LogP contribution is 2.27. The summed E-state index contributed by atoms with van der Waals surface area (Å²) in [5.41, 5.74) is 5.89. The van der Waals surface area contributed by atoms with E-state index < -0.39 is 84.0 Å². The van der Waals surface area contributed by atoms with Gasteiger partial charge >= 0.3 is 11.9 Å². The molecule has 1 aromatic carbocycles. The van der Waals surface area contributed by atoms with Crippen LogP contribution in [0.15, 0.2) is 30.3 Å². The van der Waals surface area contributed by atoms with Crippen molar-refractivity contribution in [3.8, 4) is 0 Å². The van der Waals surface area contributed by atoms with E-state index in [0.29, 0.717) is 5.56 Å². The van der Waals surface area contributed by atoms with Crippen LogP contribution in [-0.4, -0.2) is 87.8 Å². The van der Waals surface area contributed by atoms with E-state index in [4.69, 9.17) is 5.73 Å². The van der Waals surface area contributed by atoms with Gasteiger partial charge in [-0.15, -0.1) is 0 Å². The lowest BCUT2D eigenvalue weighted by Gasteiger charge is -2.29. The molecule has 1 aliphatic carbocycles. The van der Waals surface area contributed by atoms with Crippen LogP contribution < -0.4 is 32.3 Å².